The van der Waals surface area contributed by atoms with Gasteiger partial charge >= 0.3 is 0 Å². The summed E-state index contributed by atoms with van der Waals surface area (Å²) < 4.78 is 46.8. The van der Waals surface area contributed by atoms with Crippen LogP contribution in [0, 0.1) is 17.5 Å². The van der Waals surface area contributed by atoms with Gasteiger partial charge in [0.15, 0.2) is 17.5 Å². The van der Waals surface area contributed by atoms with E-state index in [1.54, 1.807) is 24.3 Å². The van der Waals surface area contributed by atoms with E-state index in [0.29, 0.717) is 10.6 Å². The number of benzene rings is 2. The van der Waals surface area contributed by atoms with Crippen LogP contribution in [0.4, 0.5) is 19.1 Å². The number of rotatable bonds is 5. The number of anilines is 1. The summed E-state index contributed by atoms with van der Waals surface area (Å²) in [6.07, 6.45) is 2.57. The van der Waals surface area contributed by atoms with Crippen LogP contribution in [0.3, 0.4) is 0 Å². The summed E-state index contributed by atoms with van der Waals surface area (Å²) in [6.45, 7) is 0. The average molecular weight is 445 g/mol. The molecule has 2 aromatic carbocycles. The molecule has 2 aromatic heterocycles. The predicted octanol–water partition coefficient (Wildman–Crippen LogP) is 5.05. The highest BCUT2D eigenvalue weighted by Gasteiger charge is 2.26. The maximum Gasteiger partial charge on any atom is 0.241 e. The molecule has 0 fully saturated rings. The second-order valence-electron chi connectivity index (χ2n) is 6.37. The molecule has 0 atom stereocenters. The number of aromatic nitrogens is 3. The van der Waals surface area contributed by atoms with Crippen molar-refractivity contribution in [3.05, 3.63) is 83.0 Å². The minimum atomic E-state index is -1.65. The quantitative estimate of drug-likeness (QED) is 0.436. The molecule has 156 valence electrons. The van der Waals surface area contributed by atoms with Crippen molar-refractivity contribution in [2.45, 2.75) is 6.42 Å². The maximum atomic E-state index is 14.4. The molecule has 0 aliphatic heterocycles. The summed E-state index contributed by atoms with van der Waals surface area (Å²) in [5, 5.41) is 6.72. The van der Waals surface area contributed by atoms with Crippen molar-refractivity contribution < 1.29 is 22.5 Å². The first kappa shape index (κ1) is 20.5. The lowest BCUT2D eigenvalue weighted by molar-refractivity contribution is -0.115. The largest absolute Gasteiger partial charge is 0.337 e. The molecule has 0 radical (unpaired) electrons. The lowest BCUT2D eigenvalue weighted by Gasteiger charge is -2.07. The van der Waals surface area contributed by atoms with Crippen molar-refractivity contribution in [2.24, 2.45) is 0 Å². The number of carbonyl (C=O) groups is 1. The highest BCUT2D eigenvalue weighted by molar-refractivity contribution is 6.31. The molecule has 0 bridgehead atoms. The van der Waals surface area contributed by atoms with Crippen LogP contribution >= 0.6 is 11.6 Å². The van der Waals surface area contributed by atoms with Crippen LogP contribution in [-0.4, -0.2) is 21.0 Å². The number of hydrogen-bond acceptors (Lipinski definition) is 5. The Bertz CT molecular complexity index is 1260. The van der Waals surface area contributed by atoms with Crippen LogP contribution in [0.25, 0.3) is 22.5 Å². The van der Waals surface area contributed by atoms with E-state index in [4.69, 9.17) is 16.1 Å². The van der Waals surface area contributed by atoms with E-state index in [1.165, 1.54) is 18.6 Å². The first-order valence-electron chi connectivity index (χ1n) is 8.89. The van der Waals surface area contributed by atoms with E-state index < -0.39 is 23.4 Å². The first-order chi connectivity index (χ1) is 15.0. The number of nitrogens with zero attached hydrogens (tertiary/aromatic N) is 3. The van der Waals surface area contributed by atoms with Gasteiger partial charge in [0.2, 0.25) is 11.8 Å². The van der Waals surface area contributed by atoms with E-state index >= 15 is 0 Å². The molecule has 10 heteroatoms. The van der Waals surface area contributed by atoms with Gasteiger partial charge in [0.05, 0.1) is 17.7 Å². The summed E-state index contributed by atoms with van der Waals surface area (Å²) in [7, 11) is 0. The van der Waals surface area contributed by atoms with Crippen molar-refractivity contribution in [3.8, 4) is 22.5 Å². The molecule has 4 aromatic rings. The number of hydrogen-bond donors (Lipinski definition) is 1. The van der Waals surface area contributed by atoms with Gasteiger partial charge in [-0.25, -0.2) is 23.1 Å². The molecule has 1 N–H and O–H groups in total. The molecule has 0 aliphatic rings. The second kappa shape index (κ2) is 8.57. The molecule has 0 spiro atoms. The van der Waals surface area contributed by atoms with Crippen molar-refractivity contribution in [1.82, 2.24) is 15.1 Å². The number of carbonyl (C=O) groups excluding carboxylic acids is 1. The fourth-order valence-corrected chi connectivity index (χ4v) is 3.13. The Balaban J connectivity index is 1.75. The van der Waals surface area contributed by atoms with E-state index in [0.717, 1.165) is 12.1 Å². The van der Waals surface area contributed by atoms with E-state index in [1.807, 2.05) is 0 Å². The zero-order chi connectivity index (χ0) is 22.0. The summed E-state index contributed by atoms with van der Waals surface area (Å²) in [4.78, 5) is 20.4. The third kappa shape index (κ3) is 4.13. The van der Waals surface area contributed by atoms with Gasteiger partial charge < -0.3 is 4.52 Å². The predicted molar refractivity (Wildman–Crippen MR) is 107 cm³/mol. The van der Waals surface area contributed by atoms with Crippen molar-refractivity contribution in [1.29, 1.82) is 0 Å². The minimum absolute atomic E-state index is 0.0710. The lowest BCUT2D eigenvalue weighted by Crippen LogP contribution is -2.14. The molecule has 6 nitrogen and oxygen atoms in total. The Morgan fingerprint density at radius 3 is 2.61 bits per heavy atom. The Kier molecular flexibility index (Phi) is 5.68. The number of halogens is 4. The highest BCUT2D eigenvalue weighted by Crippen LogP contribution is 2.38. The first-order valence-corrected chi connectivity index (χ1v) is 9.26. The van der Waals surface area contributed by atoms with Crippen LogP contribution in [-0.2, 0) is 11.2 Å². The molecule has 31 heavy (non-hydrogen) atoms. The Morgan fingerprint density at radius 1 is 1.06 bits per heavy atom. The third-order valence-corrected chi connectivity index (χ3v) is 4.75. The summed E-state index contributed by atoms with van der Waals surface area (Å²) in [5.74, 6) is -5.08. The molecule has 4 rings (SSSR count). The van der Waals surface area contributed by atoms with Crippen LogP contribution in [0.15, 0.2) is 59.5 Å². The van der Waals surface area contributed by atoms with Crippen LogP contribution in [0.5, 0.6) is 0 Å². The summed E-state index contributed by atoms with van der Waals surface area (Å²) in [5.41, 5.74) is 0.367. The van der Waals surface area contributed by atoms with Gasteiger partial charge in [-0.2, -0.15) is 0 Å². The van der Waals surface area contributed by atoms with Gasteiger partial charge in [-0.15, -0.1) is 0 Å². The minimum Gasteiger partial charge on any atom is -0.337 e. The van der Waals surface area contributed by atoms with Crippen LogP contribution in [0.1, 0.15) is 5.56 Å². The summed E-state index contributed by atoms with van der Waals surface area (Å²) >= 11 is 6.09. The van der Waals surface area contributed by atoms with Crippen molar-refractivity contribution >= 4 is 23.4 Å². The molecule has 0 saturated carbocycles. The lowest BCUT2D eigenvalue weighted by atomic mass is 10.0. The van der Waals surface area contributed by atoms with Crippen LogP contribution < -0.4 is 5.32 Å². The number of nitrogens with one attached hydrogen (secondary N) is 1. The van der Waals surface area contributed by atoms with E-state index in [2.05, 4.69) is 20.4 Å². The topological polar surface area (TPSA) is 80.9 Å². The molecular formula is C21H12ClF3N4O2. The Hall–Kier alpha value is -3.72. The molecule has 2 heterocycles. The number of amides is 1. The molecule has 0 aliphatic carbocycles. The van der Waals surface area contributed by atoms with Crippen molar-refractivity contribution in [2.75, 3.05) is 5.32 Å². The second-order valence-corrected chi connectivity index (χ2v) is 6.78. The van der Waals surface area contributed by atoms with Gasteiger partial charge in [0.1, 0.15) is 12.0 Å². The normalized spacial score (nSPS) is 10.8. The SMILES string of the molecule is O=C(Cc1ccccc1Cl)Nc1onc(-c2ccc(F)c(F)c2F)c1-c1ccncn1. The smallest absolute Gasteiger partial charge is 0.241 e. The van der Waals surface area contributed by atoms with E-state index in [-0.39, 0.29) is 34.8 Å². The molecular weight excluding hydrogens is 433 g/mol. The fourth-order valence-electron chi connectivity index (χ4n) is 2.93. The monoisotopic (exact) mass is 444 g/mol. The van der Waals surface area contributed by atoms with Gasteiger partial charge in [0.25, 0.3) is 0 Å². The van der Waals surface area contributed by atoms with Gasteiger partial charge in [-0.3, -0.25) is 10.1 Å². The van der Waals surface area contributed by atoms with Gasteiger partial charge in [-0.05, 0) is 29.8 Å². The Labute approximate surface area is 178 Å². The zero-order valence-electron chi connectivity index (χ0n) is 15.6. The van der Waals surface area contributed by atoms with Gasteiger partial charge in [0, 0.05) is 16.8 Å². The third-order valence-electron chi connectivity index (χ3n) is 4.38. The Morgan fingerprint density at radius 2 is 1.87 bits per heavy atom. The zero-order valence-corrected chi connectivity index (χ0v) is 16.3. The molecule has 0 saturated heterocycles. The maximum absolute atomic E-state index is 14.4. The average Bonchev–Trinajstić information content (AvgIpc) is 3.17. The van der Waals surface area contributed by atoms with Crippen molar-refractivity contribution in [3.63, 3.8) is 0 Å². The standard InChI is InChI=1S/C21H12ClF3N4O2/c22-13-4-2-1-3-11(13)9-16(30)28-21-17(15-7-8-26-10-27-15)20(29-31-21)12-5-6-14(23)19(25)18(12)24/h1-8,10H,9H2,(H,28,30). The highest BCUT2D eigenvalue weighted by atomic mass is 35.5. The molecule has 1 amide bonds. The van der Waals surface area contributed by atoms with Gasteiger partial charge in [-0.1, -0.05) is 35.0 Å². The van der Waals surface area contributed by atoms with Crippen LogP contribution in [0.2, 0.25) is 5.02 Å². The summed E-state index contributed by atoms with van der Waals surface area (Å²) in [6, 6.07) is 10.1. The fraction of sp³-hybridized carbons (Fsp3) is 0.0476. The van der Waals surface area contributed by atoms with E-state index in [9.17, 15) is 18.0 Å². The molecule has 0 unspecified atom stereocenters.